The first-order valence-corrected chi connectivity index (χ1v) is 7.32. The van der Waals surface area contributed by atoms with Gasteiger partial charge in [0.1, 0.15) is 0 Å². The molecule has 2 nitrogen and oxygen atoms in total. The zero-order valence-electron chi connectivity index (χ0n) is 12.0. The normalized spacial score (nSPS) is 29.8. The van der Waals surface area contributed by atoms with E-state index in [-0.39, 0.29) is 0 Å². The maximum absolute atomic E-state index is 6.04. The second-order valence-corrected chi connectivity index (χ2v) is 6.24. The van der Waals surface area contributed by atoms with E-state index < -0.39 is 0 Å². The standard InChI is InChI=1S/C15H31NO/c1-13(2)14-6-9-15(12-16,10-7-14)8-4-5-11-17-3/h13-14H,4-12,16H2,1-3H3. The largest absolute Gasteiger partial charge is 0.385 e. The summed E-state index contributed by atoms with van der Waals surface area (Å²) in [5.41, 5.74) is 6.50. The number of ether oxygens (including phenoxy) is 1. The van der Waals surface area contributed by atoms with E-state index in [1.54, 1.807) is 7.11 Å². The van der Waals surface area contributed by atoms with Crippen molar-refractivity contribution < 1.29 is 4.74 Å². The van der Waals surface area contributed by atoms with Gasteiger partial charge in [0.25, 0.3) is 0 Å². The highest BCUT2D eigenvalue weighted by Crippen LogP contribution is 2.43. The highest BCUT2D eigenvalue weighted by atomic mass is 16.5. The molecule has 1 saturated carbocycles. The third-order valence-corrected chi connectivity index (χ3v) is 4.77. The molecular weight excluding hydrogens is 210 g/mol. The van der Waals surface area contributed by atoms with Crippen molar-refractivity contribution in [1.29, 1.82) is 0 Å². The van der Waals surface area contributed by atoms with E-state index in [0.29, 0.717) is 5.41 Å². The third-order valence-electron chi connectivity index (χ3n) is 4.77. The molecule has 1 aliphatic carbocycles. The molecule has 0 aliphatic heterocycles. The SMILES string of the molecule is COCCCCC1(CN)CCC(C(C)C)CC1. The lowest BCUT2D eigenvalue weighted by Gasteiger charge is -2.41. The number of hydrogen-bond acceptors (Lipinski definition) is 2. The van der Waals surface area contributed by atoms with Crippen LogP contribution in [0.2, 0.25) is 0 Å². The van der Waals surface area contributed by atoms with Crippen molar-refractivity contribution in [1.82, 2.24) is 0 Å². The van der Waals surface area contributed by atoms with Crippen LogP contribution >= 0.6 is 0 Å². The Morgan fingerprint density at radius 1 is 1.24 bits per heavy atom. The molecule has 0 unspecified atom stereocenters. The Morgan fingerprint density at radius 2 is 1.88 bits per heavy atom. The van der Waals surface area contributed by atoms with Crippen LogP contribution < -0.4 is 5.73 Å². The van der Waals surface area contributed by atoms with Crippen molar-refractivity contribution in [3.05, 3.63) is 0 Å². The van der Waals surface area contributed by atoms with Gasteiger partial charge in [0.05, 0.1) is 0 Å². The number of rotatable bonds is 7. The van der Waals surface area contributed by atoms with Gasteiger partial charge in [-0.25, -0.2) is 0 Å². The van der Waals surface area contributed by atoms with Crippen LogP contribution in [0.4, 0.5) is 0 Å². The summed E-state index contributed by atoms with van der Waals surface area (Å²) in [7, 11) is 1.78. The molecule has 0 bridgehead atoms. The summed E-state index contributed by atoms with van der Waals surface area (Å²) < 4.78 is 5.12. The average molecular weight is 241 g/mol. The van der Waals surface area contributed by atoms with Gasteiger partial charge in [0.2, 0.25) is 0 Å². The van der Waals surface area contributed by atoms with Gasteiger partial charge in [-0.3, -0.25) is 0 Å². The van der Waals surface area contributed by atoms with Gasteiger partial charge in [-0.05, 0) is 62.3 Å². The minimum absolute atomic E-state index is 0.457. The van der Waals surface area contributed by atoms with Crippen molar-refractivity contribution in [2.24, 2.45) is 23.0 Å². The van der Waals surface area contributed by atoms with Crippen molar-refractivity contribution in [3.63, 3.8) is 0 Å². The molecule has 0 amide bonds. The van der Waals surface area contributed by atoms with Gasteiger partial charge in [-0.15, -0.1) is 0 Å². The first-order chi connectivity index (χ1) is 8.13. The minimum atomic E-state index is 0.457. The Morgan fingerprint density at radius 3 is 2.35 bits per heavy atom. The second kappa shape index (κ2) is 7.38. The summed E-state index contributed by atoms with van der Waals surface area (Å²) in [6.07, 6.45) is 9.23. The lowest BCUT2D eigenvalue weighted by Crippen LogP contribution is -2.35. The Balaban J connectivity index is 2.33. The lowest BCUT2D eigenvalue weighted by molar-refractivity contribution is 0.114. The molecule has 2 heteroatoms. The van der Waals surface area contributed by atoms with Gasteiger partial charge in [-0.1, -0.05) is 20.3 Å². The number of hydrogen-bond donors (Lipinski definition) is 1. The molecule has 0 aromatic rings. The van der Waals surface area contributed by atoms with Crippen LogP contribution in [0.3, 0.4) is 0 Å². The van der Waals surface area contributed by atoms with E-state index in [9.17, 15) is 0 Å². The van der Waals surface area contributed by atoms with Crippen LogP contribution in [0.1, 0.15) is 58.8 Å². The van der Waals surface area contributed by atoms with Crippen LogP contribution in [-0.4, -0.2) is 20.3 Å². The number of methoxy groups -OCH3 is 1. The van der Waals surface area contributed by atoms with E-state index in [1.165, 1.54) is 44.9 Å². The lowest BCUT2D eigenvalue weighted by atomic mass is 9.66. The highest BCUT2D eigenvalue weighted by molar-refractivity contribution is 4.87. The van der Waals surface area contributed by atoms with Crippen molar-refractivity contribution in [3.8, 4) is 0 Å². The Hall–Kier alpha value is -0.0800. The fraction of sp³-hybridized carbons (Fsp3) is 1.00. The highest BCUT2D eigenvalue weighted by Gasteiger charge is 2.34. The summed E-state index contributed by atoms with van der Waals surface area (Å²) in [6, 6.07) is 0. The smallest absolute Gasteiger partial charge is 0.0462 e. The van der Waals surface area contributed by atoms with Gasteiger partial charge in [0.15, 0.2) is 0 Å². The minimum Gasteiger partial charge on any atom is -0.385 e. The zero-order valence-corrected chi connectivity index (χ0v) is 12.0. The monoisotopic (exact) mass is 241 g/mol. The number of unbranched alkanes of at least 4 members (excludes halogenated alkanes) is 1. The molecule has 0 saturated heterocycles. The Bertz CT molecular complexity index is 195. The van der Waals surface area contributed by atoms with Gasteiger partial charge >= 0.3 is 0 Å². The predicted octanol–water partition coefficient (Wildman–Crippen LogP) is 3.59. The average Bonchev–Trinajstić information content (AvgIpc) is 2.35. The summed E-state index contributed by atoms with van der Waals surface area (Å²) in [5, 5.41) is 0. The van der Waals surface area contributed by atoms with Crippen LogP contribution in [0.5, 0.6) is 0 Å². The molecule has 2 N–H and O–H groups in total. The summed E-state index contributed by atoms with van der Waals surface area (Å²) in [5.74, 6) is 1.79. The zero-order chi connectivity index (χ0) is 12.7. The molecule has 0 spiro atoms. The van der Waals surface area contributed by atoms with Crippen LogP contribution in [0.15, 0.2) is 0 Å². The van der Waals surface area contributed by atoms with Crippen molar-refractivity contribution in [2.75, 3.05) is 20.3 Å². The quantitative estimate of drug-likeness (QED) is 0.691. The van der Waals surface area contributed by atoms with E-state index in [4.69, 9.17) is 10.5 Å². The van der Waals surface area contributed by atoms with Gasteiger partial charge in [0, 0.05) is 13.7 Å². The van der Waals surface area contributed by atoms with Crippen molar-refractivity contribution in [2.45, 2.75) is 58.8 Å². The predicted molar refractivity (Wildman–Crippen MR) is 74.0 cm³/mol. The van der Waals surface area contributed by atoms with Crippen LogP contribution in [0.25, 0.3) is 0 Å². The molecule has 0 heterocycles. The molecule has 1 rings (SSSR count). The first kappa shape index (κ1) is 15.0. The molecule has 0 aromatic carbocycles. The first-order valence-electron chi connectivity index (χ1n) is 7.32. The van der Waals surface area contributed by atoms with E-state index >= 15 is 0 Å². The number of nitrogens with two attached hydrogens (primary N) is 1. The maximum Gasteiger partial charge on any atom is 0.0462 e. The molecule has 102 valence electrons. The summed E-state index contributed by atoms with van der Waals surface area (Å²) >= 11 is 0. The molecule has 0 aromatic heterocycles. The molecule has 0 atom stereocenters. The maximum atomic E-state index is 6.04. The van der Waals surface area contributed by atoms with Gasteiger partial charge < -0.3 is 10.5 Å². The second-order valence-electron chi connectivity index (χ2n) is 6.24. The van der Waals surface area contributed by atoms with E-state index in [2.05, 4.69) is 13.8 Å². The van der Waals surface area contributed by atoms with E-state index in [1.807, 2.05) is 0 Å². The fourth-order valence-corrected chi connectivity index (χ4v) is 3.22. The molecule has 17 heavy (non-hydrogen) atoms. The third kappa shape index (κ3) is 4.59. The molecule has 1 fully saturated rings. The molecule has 0 radical (unpaired) electrons. The van der Waals surface area contributed by atoms with Crippen molar-refractivity contribution >= 4 is 0 Å². The topological polar surface area (TPSA) is 35.2 Å². The summed E-state index contributed by atoms with van der Waals surface area (Å²) in [6.45, 7) is 6.50. The molecular formula is C15H31NO. The van der Waals surface area contributed by atoms with Crippen LogP contribution in [-0.2, 0) is 4.74 Å². The molecule has 1 aliphatic rings. The summed E-state index contributed by atoms with van der Waals surface area (Å²) in [4.78, 5) is 0. The Kier molecular flexibility index (Phi) is 6.50. The fourth-order valence-electron chi connectivity index (χ4n) is 3.22. The van der Waals surface area contributed by atoms with E-state index in [0.717, 1.165) is 25.0 Å². The van der Waals surface area contributed by atoms with Crippen LogP contribution in [0, 0.1) is 17.3 Å². The Labute approximate surface area is 107 Å². The van der Waals surface area contributed by atoms with Gasteiger partial charge in [-0.2, -0.15) is 0 Å².